The number of nitrogens with one attached hydrogen (secondary N) is 1. The molecule has 0 amide bonds. The Balaban J connectivity index is 1.73. The first-order valence-electron chi connectivity index (χ1n) is 8.64. The van der Waals surface area contributed by atoms with Crippen molar-refractivity contribution in [1.82, 2.24) is 14.5 Å². The highest BCUT2D eigenvalue weighted by molar-refractivity contribution is 6.30. The number of carbonyl (C=O) groups is 1. The van der Waals surface area contributed by atoms with E-state index in [2.05, 4.69) is 9.97 Å². The Hall–Kier alpha value is -2.44. The fourth-order valence-corrected chi connectivity index (χ4v) is 3.28. The number of hydrogen-bond acceptors (Lipinski definition) is 3. The highest BCUT2D eigenvalue weighted by Crippen LogP contribution is 2.25. The van der Waals surface area contributed by atoms with Crippen LogP contribution in [-0.2, 0) is 11.2 Å². The average Bonchev–Trinajstić information content (AvgIpc) is 3.23. The molecule has 3 aromatic rings. The second-order valence-electron chi connectivity index (χ2n) is 6.50. The molecule has 5 nitrogen and oxygen atoms in total. The Morgan fingerprint density at radius 2 is 2.15 bits per heavy atom. The third-order valence-electron chi connectivity index (χ3n) is 4.43. The lowest BCUT2D eigenvalue weighted by Gasteiger charge is -2.12. The number of halogens is 2. The van der Waals surface area contributed by atoms with Crippen molar-refractivity contribution in [3.05, 3.63) is 70.3 Å². The number of aromatic nitrogens is 3. The molecule has 0 radical (unpaired) electrons. The van der Waals surface area contributed by atoms with Crippen LogP contribution in [0.3, 0.4) is 0 Å². The van der Waals surface area contributed by atoms with Gasteiger partial charge in [0.15, 0.2) is 5.78 Å². The van der Waals surface area contributed by atoms with Gasteiger partial charge in [0.1, 0.15) is 18.2 Å². The molecule has 0 aliphatic rings. The molecule has 3 rings (SSSR count). The van der Waals surface area contributed by atoms with Gasteiger partial charge in [-0.3, -0.25) is 4.79 Å². The number of hydrogen-bond donors (Lipinski definition) is 1. The molecule has 2 aromatic heterocycles. The smallest absolute Gasteiger partial charge is 0.190 e. The van der Waals surface area contributed by atoms with Gasteiger partial charge in [-0.25, -0.2) is 9.37 Å². The number of aryl methyl sites for hydroxylation is 1. The largest absolute Gasteiger partial charge is 0.370 e. The topological polar surface area (TPSA) is 59.9 Å². The second kappa shape index (κ2) is 8.06. The van der Waals surface area contributed by atoms with Crippen molar-refractivity contribution in [3.8, 4) is 5.69 Å². The molecule has 142 valence electrons. The number of carbonyl (C=O) groups excluding carboxylic acids is 1. The van der Waals surface area contributed by atoms with Gasteiger partial charge >= 0.3 is 0 Å². The lowest BCUT2D eigenvalue weighted by molar-refractivity contribution is 0.0518. The first-order chi connectivity index (χ1) is 12.9. The van der Waals surface area contributed by atoms with Gasteiger partial charge in [0.25, 0.3) is 0 Å². The van der Waals surface area contributed by atoms with E-state index < -0.39 is 5.82 Å². The Bertz CT molecular complexity index is 951. The van der Waals surface area contributed by atoms with Gasteiger partial charge in [-0.2, -0.15) is 0 Å². The maximum atomic E-state index is 13.4. The first kappa shape index (κ1) is 19.3. The van der Waals surface area contributed by atoms with Gasteiger partial charge in [-0.15, -0.1) is 0 Å². The first-order valence-corrected chi connectivity index (χ1v) is 9.02. The maximum absolute atomic E-state index is 13.4. The summed E-state index contributed by atoms with van der Waals surface area (Å²) in [7, 11) is 0. The normalized spacial score (nSPS) is 12.3. The summed E-state index contributed by atoms with van der Waals surface area (Å²) in [5.41, 5.74) is 2.92. The molecule has 0 aliphatic carbocycles. The van der Waals surface area contributed by atoms with Crippen LogP contribution in [-0.4, -0.2) is 33.0 Å². The zero-order chi connectivity index (χ0) is 19.6. The molecule has 0 spiro atoms. The highest BCUT2D eigenvalue weighted by Gasteiger charge is 2.18. The Morgan fingerprint density at radius 1 is 1.37 bits per heavy atom. The Labute approximate surface area is 162 Å². The SMILES string of the molecule is Cc1cc(C(=O)COC(C)Cc2ncc[nH]2)c(C)n1-c1ccc(F)c(Cl)c1. The number of benzene rings is 1. The molecule has 1 unspecified atom stereocenters. The molecule has 0 aliphatic heterocycles. The van der Waals surface area contributed by atoms with Gasteiger partial charge in [-0.05, 0) is 45.0 Å². The van der Waals surface area contributed by atoms with Crippen molar-refractivity contribution in [1.29, 1.82) is 0 Å². The molecule has 0 bridgehead atoms. The summed E-state index contributed by atoms with van der Waals surface area (Å²) in [5, 5.41) is 0.0444. The van der Waals surface area contributed by atoms with Gasteiger partial charge in [-0.1, -0.05) is 11.6 Å². The molecule has 27 heavy (non-hydrogen) atoms. The summed E-state index contributed by atoms with van der Waals surface area (Å²) in [6, 6.07) is 6.32. The average molecular weight is 390 g/mol. The zero-order valence-electron chi connectivity index (χ0n) is 15.4. The second-order valence-corrected chi connectivity index (χ2v) is 6.91. The van der Waals surface area contributed by atoms with Crippen LogP contribution in [0, 0.1) is 19.7 Å². The lowest BCUT2D eigenvalue weighted by Crippen LogP contribution is -2.19. The Kier molecular flexibility index (Phi) is 5.77. The fraction of sp³-hybridized carbons (Fsp3) is 0.300. The molecule has 0 fully saturated rings. The van der Waals surface area contributed by atoms with E-state index in [0.29, 0.717) is 17.7 Å². The fourth-order valence-electron chi connectivity index (χ4n) is 3.10. The van der Waals surface area contributed by atoms with Gasteiger partial charge in [0.2, 0.25) is 0 Å². The summed E-state index contributed by atoms with van der Waals surface area (Å²) >= 11 is 5.90. The van der Waals surface area contributed by atoms with E-state index in [4.69, 9.17) is 16.3 Å². The third kappa shape index (κ3) is 4.28. The summed E-state index contributed by atoms with van der Waals surface area (Å²) in [4.78, 5) is 19.8. The van der Waals surface area contributed by atoms with Crippen LogP contribution in [0.5, 0.6) is 0 Å². The minimum atomic E-state index is -0.474. The van der Waals surface area contributed by atoms with E-state index in [0.717, 1.165) is 17.2 Å². The number of imidazole rings is 1. The van der Waals surface area contributed by atoms with Gasteiger partial charge < -0.3 is 14.3 Å². The standard InChI is InChI=1S/C20H21ClFN3O2/c1-12-8-16(14(3)25(12)15-4-5-18(22)17(21)10-15)19(26)11-27-13(2)9-20-23-6-7-24-20/h4-8,10,13H,9,11H2,1-3H3,(H,23,24). The van der Waals surface area contributed by atoms with Crippen LogP contribution in [0.15, 0.2) is 36.7 Å². The predicted molar refractivity (Wildman–Crippen MR) is 102 cm³/mol. The van der Waals surface area contributed by atoms with Gasteiger partial charge in [0, 0.05) is 41.5 Å². The molecular formula is C20H21ClFN3O2. The molecule has 1 N–H and O–H groups in total. The Morgan fingerprint density at radius 3 is 2.81 bits per heavy atom. The summed E-state index contributed by atoms with van der Waals surface area (Å²) in [6.45, 7) is 5.63. The van der Waals surface area contributed by atoms with E-state index in [-0.39, 0.29) is 23.5 Å². The molecule has 1 aromatic carbocycles. The zero-order valence-corrected chi connectivity index (χ0v) is 16.2. The summed E-state index contributed by atoms with van der Waals surface area (Å²) < 4.78 is 21.0. The quantitative estimate of drug-likeness (QED) is 0.608. The highest BCUT2D eigenvalue weighted by atomic mass is 35.5. The molecule has 1 atom stereocenters. The van der Waals surface area contributed by atoms with E-state index in [1.165, 1.54) is 6.07 Å². The summed E-state index contributed by atoms with van der Waals surface area (Å²) in [5.74, 6) is 0.244. The van der Waals surface area contributed by atoms with E-state index >= 15 is 0 Å². The lowest BCUT2D eigenvalue weighted by atomic mass is 10.1. The van der Waals surface area contributed by atoms with Crippen LogP contribution in [0.4, 0.5) is 4.39 Å². The number of nitrogens with zero attached hydrogens (tertiary/aromatic N) is 2. The molecule has 0 saturated heterocycles. The predicted octanol–water partition coefficient (Wildman–Crippen LogP) is 4.44. The molecular weight excluding hydrogens is 369 g/mol. The van der Waals surface area contributed by atoms with Crippen molar-refractivity contribution >= 4 is 17.4 Å². The van der Waals surface area contributed by atoms with Crippen molar-refractivity contribution in [3.63, 3.8) is 0 Å². The number of aromatic amines is 1. The number of ketones is 1. The molecule has 7 heteroatoms. The number of ether oxygens (including phenoxy) is 1. The molecule has 0 saturated carbocycles. The maximum Gasteiger partial charge on any atom is 0.190 e. The van der Waals surface area contributed by atoms with Crippen LogP contribution >= 0.6 is 11.6 Å². The minimum absolute atomic E-state index is 0.0175. The van der Waals surface area contributed by atoms with Crippen LogP contribution in [0.25, 0.3) is 5.69 Å². The van der Waals surface area contributed by atoms with E-state index in [9.17, 15) is 9.18 Å². The van der Waals surface area contributed by atoms with Crippen LogP contribution in [0.2, 0.25) is 5.02 Å². The van der Waals surface area contributed by atoms with Crippen molar-refractivity contribution in [2.45, 2.75) is 33.3 Å². The van der Waals surface area contributed by atoms with Gasteiger partial charge in [0.05, 0.1) is 11.1 Å². The number of Topliss-reactive ketones (excluding diaryl/α,β-unsaturated/α-hetero) is 1. The van der Waals surface area contributed by atoms with Crippen molar-refractivity contribution in [2.24, 2.45) is 0 Å². The molecule has 2 heterocycles. The van der Waals surface area contributed by atoms with Crippen molar-refractivity contribution < 1.29 is 13.9 Å². The van der Waals surface area contributed by atoms with Crippen molar-refractivity contribution in [2.75, 3.05) is 6.61 Å². The van der Waals surface area contributed by atoms with E-state index in [1.54, 1.807) is 24.5 Å². The number of H-pyrrole nitrogens is 1. The minimum Gasteiger partial charge on any atom is -0.370 e. The summed E-state index contributed by atoms with van der Waals surface area (Å²) in [6.07, 6.45) is 3.90. The van der Waals surface area contributed by atoms with E-state index in [1.807, 2.05) is 31.4 Å². The monoisotopic (exact) mass is 389 g/mol. The van der Waals surface area contributed by atoms with Crippen LogP contribution < -0.4 is 0 Å². The third-order valence-corrected chi connectivity index (χ3v) is 4.72. The number of rotatable bonds is 7. The van der Waals surface area contributed by atoms with Crippen LogP contribution in [0.1, 0.15) is 34.5 Å².